The van der Waals surface area contributed by atoms with Gasteiger partial charge in [-0.1, -0.05) is 29.3 Å². The number of nitrogens with zero attached hydrogens (tertiary/aromatic N) is 2. The molecule has 1 fully saturated rings. The van der Waals surface area contributed by atoms with E-state index in [2.05, 4.69) is 11.8 Å². The molecule has 2 aromatic rings. The molecule has 0 bridgehead atoms. The number of piperazine rings is 1. The fraction of sp³-hybridized carbons (Fsp3) is 0.417. The van der Waals surface area contributed by atoms with Crippen LogP contribution in [0.25, 0.3) is 0 Å². The van der Waals surface area contributed by atoms with E-state index in [0.717, 1.165) is 5.69 Å². The van der Waals surface area contributed by atoms with Gasteiger partial charge in [-0.2, -0.15) is 0 Å². The molecule has 7 nitrogen and oxygen atoms in total. The van der Waals surface area contributed by atoms with E-state index in [1.54, 1.807) is 6.07 Å². The molecule has 0 saturated carbocycles. The van der Waals surface area contributed by atoms with Gasteiger partial charge in [0, 0.05) is 48.6 Å². The minimum absolute atomic E-state index is 0.0605. The minimum atomic E-state index is -1.69. The first kappa shape index (κ1) is 26.6. The van der Waals surface area contributed by atoms with Crippen molar-refractivity contribution in [2.75, 3.05) is 44.1 Å². The average Bonchev–Trinajstić information content (AvgIpc) is 2.80. The molecular formula is C24H28Cl2N2O5S. The van der Waals surface area contributed by atoms with Crippen molar-refractivity contribution >= 4 is 51.9 Å². The Morgan fingerprint density at radius 2 is 1.85 bits per heavy atom. The third-order valence-electron chi connectivity index (χ3n) is 5.89. The summed E-state index contributed by atoms with van der Waals surface area (Å²) in [5.74, 6) is -1.08. The lowest BCUT2D eigenvalue weighted by Crippen LogP contribution is -2.59. The number of hydrogen-bond donors (Lipinski definition) is 0. The molecule has 1 unspecified atom stereocenters. The number of benzene rings is 2. The first-order valence-corrected chi connectivity index (χ1v) is 13.0. The van der Waals surface area contributed by atoms with Gasteiger partial charge in [0.15, 0.2) is 4.90 Å². The van der Waals surface area contributed by atoms with Crippen LogP contribution in [0.2, 0.25) is 10.0 Å². The smallest absolute Gasteiger partial charge is 0.356 e. The van der Waals surface area contributed by atoms with Gasteiger partial charge in [-0.05, 0) is 61.4 Å². The van der Waals surface area contributed by atoms with E-state index in [1.807, 2.05) is 36.1 Å². The van der Waals surface area contributed by atoms with Crippen molar-refractivity contribution in [1.82, 2.24) is 4.90 Å². The molecule has 3 atom stereocenters. The Balaban J connectivity index is 1.67. The van der Waals surface area contributed by atoms with Gasteiger partial charge in [-0.25, -0.2) is 4.79 Å². The van der Waals surface area contributed by atoms with Crippen molar-refractivity contribution in [2.45, 2.75) is 30.8 Å². The Hall–Kier alpha value is -1.97. The summed E-state index contributed by atoms with van der Waals surface area (Å²) in [6, 6.07) is 12.3. The van der Waals surface area contributed by atoms with Crippen molar-refractivity contribution in [3.05, 3.63) is 58.1 Å². The summed E-state index contributed by atoms with van der Waals surface area (Å²) in [6.07, 6.45) is 0. The molecule has 0 aliphatic carbocycles. The number of carbonyl (C=O) groups excluding carboxylic acids is 2. The van der Waals surface area contributed by atoms with Crippen molar-refractivity contribution in [3.8, 4) is 0 Å². The summed E-state index contributed by atoms with van der Waals surface area (Å²) >= 11 is 10.8. The van der Waals surface area contributed by atoms with Crippen molar-refractivity contribution < 1.29 is 23.6 Å². The molecular weight excluding hydrogens is 499 g/mol. The quantitative estimate of drug-likeness (QED) is 0.293. The molecule has 10 heteroatoms. The normalized spacial score (nSPS) is 19.1. The molecule has 1 aliphatic heterocycles. The average molecular weight is 527 g/mol. The standard InChI is InChI=1S/C24H28Cl2N2O5S/c1-16-17(2)28(10-9-27(16)20-6-4-5-19(25)14-20)24(30)18-7-8-22(21(26)13-18)34(31)15-23(29)33-12-11-32-3/h4-8,13-14,16-17H,9-12,15H2,1-3H3/t16-,17-,34?/m0/s1. The summed E-state index contributed by atoms with van der Waals surface area (Å²) in [5.41, 5.74) is 1.43. The fourth-order valence-corrected chi connectivity index (χ4v) is 5.47. The summed E-state index contributed by atoms with van der Waals surface area (Å²) in [5, 5.41) is 0.846. The van der Waals surface area contributed by atoms with E-state index in [-0.39, 0.29) is 46.9 Å². The first-order valence-electron chi connectivity index (χ1n) is 10.9. The lowest BCUT2D eigenvalue weighted by atomic mass is 10.0. The zero-order valence-corrected chi connectivity index (χ0v) is 21.7. The number of amides is 1. The number of methoxy groups -OCH3 is 1. The topological polar surface area (TPSA) is 82.1 Å². The Morgan fingerprint density at radius 3 is 2.53 bits per heavy atom. The number of halogens is 2. The number of hydrogen-bond acceptors (Lipinski definition) is 6. The van der Waals surface area contributed by atoms with Crippen LogP contribution < -0.4 is 4.90 Å². The van der Waals surface area contributed by atoms with Crippen LogP contribution in [0.3, 0.4) is 0 Å². The SMILES string of the molecule is COCCOC(=O)C[S+]([O-])c1ccc(C(=O)N2CCN(c3cccc(Cl)c3)[C@@H](C)[C@@H]2C)cc1Cl. The maximum atomic E-state index is 13.3. The van der Waals surface area contributed by atoms with E-state index in [4.69, 9.17) is 32.7 Å². The number of rotatable bonds is 8. The molecule has 1 aliphatic rings. The second-order valence-electron chi connectivity index (χ2n) is 8.00. The van der Waals surface area contributed by atoms with E-state index >= 15 is 0 Å². The molecule has 184 valence electrons. The highest BCUT2D eigenvalue weighted by Crippen LogP contribution is 2.29. The maximum Gasteiger partial charge on any atom is 0.356 e. The van der Waals surface area contributed by atoms with Gasteiger partial charge < -0.3 is 23.8 Å². The molecule has 34 heavy (non-hydrogen) atoms. The number of esters is 1. The molecule has 0 aromatic heterocycles. The van der Waals surface area contributed by atoms with E-state index in [0.29, 0.717) is 23.7 Å². The highest BCUT2D eigenvalue weighted by Gasteiger charge is 2.34. The Bertz CT molecular complexity index is 1020. The molecule has 0 N–H and O–H groups in total. The second kappa shape index (κ2) is 12.1. The number of ether oxygens (including phenoxy) is 2. The van der Waals surface area contributed by atoms with Crippen LogP contribution in [0.4, 0.5) is 5.69 Å². The van der Waals surface area contributed by atoms with Crippen molar-refractivity contribution in [3.63, 3.8) is 0 Å². The highest BCUT2D eigenvalue weighted by molar-refractivity contribution is 7.92. The zero-order valence-electron chi connectivity index (χ0n) is 19.3. The maximum absolute atomic E-state index is 13.3. The van der Waals surface area contributed by atoms with Gasteiger partial charge in [0.25, 0.3) is 5.91 Å². The van der Waals surface area contributed by atoms with Gasteiger partial charge in [0.1, 0.15) is 6.61 Å². The Morgan fingerprint density at radius 1 is 1.09 bits per heavy atom. The van der Waals surface area contributed by atoms with Gasteiger partial charge >= 0.3 is 5.97 Å². The molecule has 0 spiro atoms. The van der Waals surface area contributed by atoms with Crippen molar-refractivity contribution in [2.24, 2.45) is 0 Å². The first-order chi connectivity index (χ1) is 16.2. The van der Waals surface area contributed by atoms with Crippen LogP contribution in [0.5, 0.6) is 0 Å². The van der Waals surface area contributed by atoms with Crippen LogP contribution >= 0.6 is 23.2 Å². The van der Waals surface area contributed by atoms with Crippen LogP contribution in [0.1, 0.15) is 24.2 Å². The van der Waals surface area contributed by atoms with Crippen LogP contribution in [-0.2, 0) is 25.4 Å². The summed E-state index contributed by atoms with van der Waals surface area (Å²) in [7, 11) is 1.50. The molecule has 3 rings (SSSR count). The molecule has 1 heterocycles. The molecule has 1 amide bonds. The lowest BCUT2D eigenvalue weighted by molar-refractivity contribution is -0.141. The fourth-order valence-electron chi connectivity index (χ4n) is 3.90. The second-order valence-corrected chi connectivity index (χ2v) is 10.3. The van der Waals surface area contributed by atoms with E-state index < -0.39 is 17.1 Å². The predicted octanol–water partition coefficient (Wildman–Crippen LogP) is 4.03. The predicted molar refractivity (Wildman–Crippen MR) is 134 cm³/mol. The number of carbonyl (C=O) groups is 2. The summed E-state index contributed by atoms with van der Waals surface area (Å²) < 4.78 is 22.3. The summed E-state index contributed by atoms with van der Waals surface area (Å²) in [6.45, 7) is 5.65. The Labute approximate surface area is 213 Å². The molecule has 1 saturated heterocycles. The van der Waals surface area contributed by atoms with Gasteiger partial charge in [0.05, 0.1) is 11.6 Å². The van der Waals surface area contributed by atoms with Gasteiger partial charge in [-0.15, -0.1) is 0 Å². The zero-order chi connectivity index (χ0) is 24.8. The number of anilines is 1. The van der Waals surface area contributed by atoms with Crippen LogP contribution in [0.15, 0.2) is 47.4 Å². The van der Waals surface area contributed by atoms with Crippen molar-refractivity contribution in [1.29, 1.82) is 0 Å². The monoisotopic (exact) mass is 526 g/mol. The Kier molecular flexibility index (Phi) is 9.50. The third-order valence-corrected chi connectivity index (χ3v) is 7.89. The van der Waals surface area contributed by atoms with E-state index in [9.17, 15) is 14.1 Å². The largest absolute Gasteiger partial charge is 0.611 e. The molecule has 0 radical (unpaired) electrons. The highest BCUT2D eigenvalue weighted by atomic mass is 35.5. The van der Waals surface area contributed by atoms with E-state index in [1.165, 1.54) is 19.2 Å². The summed E-state index contributed by atoms with van der Waals surface area (Å²) in [4.78, 5) is 29.4. The lowest BCUT2D eigenvalue weighted by Gasteiger charge is -2.46. The minimum Gasteiger partial charge on any atom is -0.611 e. The van der Waals surface area contributed by atoms with Gasteiger partial charge in [-0.3, -0.25) is 4.79 Å². The van der Waals surface area contributed by atoms with Gasteiger partial charge in [0.2, 0.25) is 5.75 Å². The third kappa shape index (κ3) is 6.37. The van der Waals surface area contributed by atoms with Crippen LogP contribution in [0, 0.1) is 0 Å². The molecule has 2 aromatic carbocycles. The van der Waals surface area contributed by atoms with Crippen LogP contribution in [-0.4, -0.2) is 72.6 Å².